The first-order chi connectivity index (χ1) is 9.55. The summed E-state index contributed by atoms with van der Waals surface area (Å²) in [5.41, 5.74) is 0.593. The van der Waals surface area contributed by atoms with Crippen LogP contribution >= 0.6 is 0 Å². The fourth-order valence-corrected chi connectivity index (χ4v) is 4.18. The van der Waals surface area contributed by atoms with Crippen LogP contribution in [0, 0.1) is 5.92 Å². The molecule has 5 nitrogen and oxygen atoms in total. The minimum atomic E-state index is -3.47. The first-order valence-corrected chi connectivity index (χ1v) is 8.58. The minimum Gasteiger partial charge on any atom is -0.387 e. The number of hydrogen-bond donors (Lipinski definition) is 1. The average molecular weight is 297 g/mol. The summed E-state index contributed by atoms with van der Waals surface area (Å²) in [5.74, 6) is 0.484. The van der Waals surface area contributed by atoms with Crippen molar-refractivity contribution in [1.29, 1.82) is 0 Å². The lowest BCUT2D eigenvalue weighted by Crippen LogP contribution is -2.33. The number of nitrogens with zero attached hydrogens (tertiary/aromatic N) is 2. The summed E-state index contributed by atoms with van der Waals surface area (Å²) in [6, 6.07) is 1.68. The molecule has 1 aromatic rings. The van der Waals surface area contributed by atoms with Crippen molar-refractivity contribution in [1.82, 2.24) is 9.29 Å². The summed E-state index contributed by atoms with van der Waals surface area (Å²) in [6.07, 6.45) is 8.97. The molecular formula is C14H23N3O2S. The maximum atomic E-state index is 12.6. The third-order valence-electron chi connectivity index (χ3n) is 3.98. The molecule has 0 aliphatic heterocycles. The lowest BCUT2D eigenvalue weighted by atomic mass is 9.89. The summed E-state index contributed by atoms with van der Waals surface area (Å²) in [7, 11) is -0.0920. The monoisotopic (exact) mass is 297 g/mol. The zero-order chi connectivity index (χ0) is 14.6. The molecule has 1 N–H and O–H groups in total. The van der Waals surface area contributed by atoms with Crippen molar-refractivity contribution in [2.75, 3.05) is 26.0 Å². The second-order valence-corrected chi connectivity index (χ2v) is 7.42. The van der Waals surface area contributed by atoms with Gasteiger partial charge in [0.25, 0.3) is 0 Å². The predicted octanol–water partition coefficient (Wildman–Crippen LogP) is 2.32. The second-order valence-electron chi connectivity index (χ2n) is 5.41. The van der Waals surface area contributed by atoms with Crippen LogP contribution in [-0.4, -0.2) is 38.3 Å². The quantitative estimate of drug-likeness (QED) is 0.906. The van der Waals surface area contributed by atoms with Crippen molar-refractivity contribution in [3.8, 4) is 0 Å². The number of hydrogen-bond acceptors (Lipinski definition) is 4. The molecule has 112 valence electrons. The van der Waals surface area contributed by atoms with Gasteiger partial charge in [-0.05, 0) is 24.8 Å². The topological polar surface area (TPSA) is 62.3 Å². The number of anilines is 1. The molecule has 0 saturated heterocycles. The fraction of sp³-hybridized carbons (Fsp3) is 0.643. The van der Waals surface area contributed by atoms with Gasteiger partial charge < -0.3 is 5.32 Å². The molecule has 0 aromatic carbocycles. The van der Waals surface area contributed by atoms with Gasteiger partial charge in [0.05, 0.1) is 5.69 Å². The van der Waals surface area contributed by atoms with Crippen LogP contribution in [0.25, 0.3) is 0 Å². The predicted molar refractivity (Wildman–Crippen MR) is 80.2 cm³/mol. The van der Waals surface area contributed by atoms with Crippen molar-refractivity contribution < 1.29 is 8.42 Å². The van der Waals surface area contributed by atoms with E-state index in [1.165, 1.54) is 29.8 Å². The molecular weight excluding hydrogens is 274 g/mol. The highest BCUT2D eigenvalue weighted by Crippen LogP contribution is 2.27. The summed E-state index contributed by atoms with van der Waals surface area (Å²) in [6.45, 7) is 0.598. The third kappa shape index (κ3) is 3.30. The van der Waals surface area contributed by atoms with Crippen LogP contribution in [0.3, 0.4) is 0 Å². The Labute approximate surface area is 121 Å². The van der Waals surface area contributed by atoms with Gasteiger partial charge in [0, 0.05) is 33.0 Å². The largest absolute Gasteiger partial charge is 0.387 e. The van der Waals surface area contributed by atoms with Gasteiger partial charge in [0.15, 0.2) is 0 Å². The minimum absolute atomic E-state index is 0.251. The molecule has 0 unspecified atom stereocenters. The van der Waals surface area contributed by atoms with Gasteiger partial charge in [-0.2, -0.15) is 0 Å². The first-order valence-electron chi connectivity index (χ1n) is 7.14. The smallest absolute Gasteiger partial charge is 0.246 e. The van der Waals surface area contributed by atoms with Crippen molar-refractivity contribution in [3.05, 3.63) is 18.5 Å². The number of rotatable bonds is 5. The Bertz CT molecular complexity index is 539. The van der Waals surface area contributed by atoms with Gasteiger partial charge in [-0.1, -0.05) is 19.3 Å². The summed E-state index contributed by atoms with van der Waals surface area (Å²) in [4.78, 5) is 4.19. The summed E-state index contributed by atoms with van der Waals surface area (Å²) in [5, 5.41) is 2.91. The number of sulfonamides is 1. The average Bonchev–Trinajstić information content (AvgIpc) is 2.48. The maximum absolute atomic E-state index is 12.6. The molecule has 0 radical (unpaired) electrons. The Hall–Kier alpha value is -1.14. The zero-order valence-electron chi connectivity index (χ0n) is 12.2. The van der Waals surface area contributed by atoms with E-state index < -0.39 is 10.0 Å². The van der Waals surface area contributed by atoms with Gasteiger partial charge in [-0.15, -0.1) is 0 Å². The molecule has 0 amide bonds. The van der Waals surface area contributed by atoms with E-state index in [1.54, 1.807) is 26.4 Å². The standard InChI is InChI=1S/C14H23N3O2S/c1-15-13-8-9-16-10-14(13)20(18,19)17(2)11-12-6-4-3-5-7-12/h8-10,12H,3-7,11H2,1-2H3,(H,15,16). The van der Waals surface area contributed by atoms with Gasteiger partial charge in [-0.3, -0.25) is 4.98 Å². The lowest BCUT2D eigenvalue weighted by molar-refractivity contribution is 0.300. The zero-order valence-corrected chi connectivity index (χ0v) is 13.0. The number of aromatic nitrogens is 1. The van der Waals surface area contributed by atoms with Crippen LogP contribution in [0.2, 0.25) is 0 Å². The van der Waals surface area contributed by atoms with Crippen molar-refractivity contribution in [2.45, 2.75) is 37.0 Å². The first kappa shape index (κ1) is 15.3. The summed E-state index contributed by atoms with van der Waals surface area (Å²) < 4.78 is 26.7. The van der Waals surface area contributed by atoms with Crippen molar-refractivity contribution in [2.24, 2.45) is 5.92 Å². The van der Waals surface area contributed by atoms with Crippen LogP contribution in [0.1, 0.15) is 32.1 Å². The maximum Gasteiger partial charge on any atom is 0.246 e. The molecule has 0 spiro atoms. The van der Waals surface area contributed by atoms with Crippen LogP contribution < -0.4 is 5.32 Å². The molecule has 1 saturated carbocycles. The van der Waals surface area contributed by atoms with Crippen LogP contribution in [0.5, 0.6) is 0 Å². The molecule has 6 heteroatoms. The third-order valence-corrected chi connectivity index (χ3v) is 5.83. The Kier molecular flexibility index (Phi) is 4.99. The Morgan fingerprint density at radius 1 is 1.35 bits per heavy atom. The SMILES string of the molecule is CNc1ccncc1S(=O)(=O)N(C)CC1CCCCC1. The summed E-state index contributed by atoms with van der Waals surface area (Å²) >= 11 is 0. The number of pyridine rings is 1. The molecule has 1 heterocycles. The van der Waals surface area contributed by atoms with Gasteiger partial charge in [0.1, 0.15) is 4.90 Å². The highest BCUT2D eigenvalue weighted by molar-refractivity contribution is 7.89. The van der Waals surface area contributed by atoms with Crippen molar-refractivity contribution in [3.63, 3.8) is 0 Å². The van der Waals surface area contributed by atoms with Crippen molar-refractivity contribution >= 4 is 15.7 Å². The molecule has 0 atom stereocenters. The molecule has 2 rings (SSSR count). The van der Waals surface area contributed by atoms with E-state index in [9.17, 15) is 8.42 Å². The van der Waals surface area contributed by atoms with E-state index in [-0.39, 0.29) is 4.90 Å². The van der Waals surface area contributed by atoms with E-state index in [0.717, 1.165) is 12.8 Å². The van der Waals surface area contributed by atoms with Gasteiger partial charge in [-0.25, -0.2) is 12.7 Å². The Morgan fingerprint density at radius 3 is 2.70 bits per heavy atom. The normalized spacial score (nSPS) is 17.4. The van der Waals surface area contributed by atoms with E-state index in [0.29, 0.717) is 18.2 Å². The highest BCUT2D eigenvalue weighted by atomic mass is 32.2. The van der Waals surface area contributed by atoms with E-state index in [1.807, 2.05) is 0 Å². The number of nitrogens with one attached hydrogen (secondary N) is 1. The van der Waals surface area contributed by atoms with Crippen LogP contribution in [0.15, 0.2) is 23.4 Å². The molecule has 1 fully saturated rings. The van der Waals surface area contributed by atoms with Crippen LogP contribution in [0.4, 0.5) is 5.69 Å². The molecule has 20 heavy (non-hydrogen) atoms. The van der Waals surface area contributed by atoms with E-state index in [4.69, 9.17) is 0 Å². The Morgan fingerprint density at radius 2 is 2.05 bits per heavy atom. The van der Waals surface area contributed by atoms with E-state index in [2.05, 4.69) is 10.3 Å². The molecule has 0 bridgehead atoms. The fourth-order valence-electron chi connectivity index (χ4n) is 2.79. The van der Waals surface area contributed by atoms with E-state index >= 15 is 0 Å². The van der Waals surface area contributed by atoms with Gasteiger partial charge in [0.2, 0.25) is 10.0 Å². The molecule has 1 aliphatic carbocycles. The van der Waals surface area contributed by atoms with Crippen LogP contribution in [-0.2, 0) is 10.0 Å². The second kappa shape index (κ2) is 6.54. The lowest BCUT2D eigenvalue weighted by Gasteiger charge is -2.27. The highest BCUT2D eigenvalue weighted by Gasteiger charge is 2.26. The Balaban J connectivity index is 2.16. The molecule has 1 aliphatic rings. The molecule has 1 aromatic heterocycles. The van der Waals surface area contributed by atoms with Gasteiger partial charge >= 0.3 is 0 Å².